The molecule has 7 rings (SSSR count). The number of fused-ring (bicyclic) bond motifs is 2. The minimum Gasteiger partial charge on any atom is -0.359 e. The number of pyridine rings is 1. The summed E-state index contributed by atoms with van der Waals surface area (Å²) in [6.07, 6.45) is 21.1. The first-order valence-electron chi connectivity index (χ1n) is 13.1. The number of hydrogen-bond acceptors (Lipinski definition) is 2. The lowest BCUT2D eigenvalue weighted by molar-refractivity contribution is -0.132. The molecule has 6 atom stereocenters. The summed E-state index contributed by atoms with van der Waals surface area (Å²) in [5.74, 6) is 2.48. The third-order valence-electron chi connectivity index (χ3n) is 10.3. The van der Waals surface area contributed by atoms with Crippen molar-refractivity contribution in [1.29, 1.82) is 0 Å². The summed E-state index contributed by atoms with van der Waals surface area (Å²) >= 11 is 0. The Morgan fingerprint density at radius 2 is 1.97 bits per heavy atom. The minimum absolute atomic E-state index is 0.0496. The maximum absolute atomic E-state index is 7.40. The van der Waals surface area contributed by atoms with Gasteiger partial charge in [0.1, 0.15) is 0 Å². The highest BCUT2D eigenvalue weighted by Crippen LogP contribution is 2.69. The molecular formula is C31H35NO. The normalized spacial score (nSPS) is 40.9. The van der Waals surface area contributed by atoms with Crippen molar-refractivity contribution >= 4 is 10.8 Å². The van der Waals surface area contributed by atoms with E-state index in [1.807, 2.05) is 12.4 Å². The SMILES string of the molecule is CC(C)C1C=CC2=CC3=CCC4(C)C(c5ccc6ccncc6c5)CCC4C34CCC2(C1)O4. The molecule has 3 aliphatic carbocycles. The van der Waals surface area contributed by atoms with E-state index in [9.17, 15) is 0 Å². The molecule has 1 aromatic carbocycles. The molecule has 1 saturated carbocycles. The number of aromatic nitrogens is 1. The van der Waals surface area contributed by atoms with E-state index in [0.29, 0.717) is 23.7 Å². The molecule has 0 amide bonds. The molecule has 170 valence electrons. The van der Waals surface area contributed by atoms with Crippen molar-refractivity contribution < 1.29 is 4.74 Å². The second-order valence-electron chi connectivity index (χ2n) is 12.1. The predicted octanol–water partition coefficient (Wildman–Crippen LogP) is 7.52. The van der Waals surface area contributed by atoms with Gasteiger partial charge in [-0.2, -0.15) is 0 Å². The van der Waals surface area contributed by atoms with Crippen molar-refractivity contribution in [3.05, 3.63) is 77.7 Å². The van der Waals surface area contributed by atoms with Crippen LogP contribution in [0, 0.1) is 23.2 Å². The highest BCUT2D eigenvalue weighted by Gasteiger charge is 2.66. The van der Waals surface area contributed by atoms with E-state index in [-0.39, 0.29) is 16.6 Å². The van der Waals surface area contributed by atoms with Crippen LogP contribution in [0.4, 0.5) is 0 Å². The van der Waals surface area contributed by atoms with E-state index in [2.05, 4.69) is 74.3 Å². The zero-order chi connectivity index (χ0) is 22.4. The average Bonchev–Trinajstić information content (AvgIpc) is 3.33. The Labute approximate surface area is 197 Å². The van der Waals surface area contributed by atoms with Crippen LogP contribution in [0.25, 0.3) is 10.8 Å². The quantitative estimate of drug-likeness (QED) is 0.484. The second kappa shape index (κ2) is 6.69. The van der Waals surface area contributed by atoms with Crippen LogP contribution in [0.2, 0.25) is 0 Å². The van der Waals surface area contributed by atoms with E-state index < -0.39 is 0 Å². The molecule has 0 radical (unpaired) electrons. The highest BCUT2D eigenvalue weighted by molar-refractivity contribution is 5.82. The van der Waals surface area contributed by atoms with Gasteiger partial charge in [-0.05, 0) is 102 Å². The van der Waals surface area contributed by atoms with Crippen molar-refractivity contribution in [2.75, 3.05) is 0 Å². The van der Waals surface area contributed by atoms with Crippen molar-refractivity contribution in [3.63, 3.8) is 0 Å². The van der Waals surface area contributed by atoms with Crippen LogP contribution in [0.15, 0.2) is 72.1 Å². The van der Waals surface area contributed by atoms with Gasteiger partial charge in [-0.3, -0.25) is 4.98 Å². The van der Waals surface area contributed by atoms with Gasteiger partial charge in [-0.1, -0.05) is 57.2 Å². The van der Waals surface area contributed by atoms with Crippen molar-refractivity contribution in [2.24, 2.45) is 23.2 Å². The van der Waals surface area contributed by atoms with Gasteiger partial charge in [0.15, 0.2) is 0 Å². The molecular weight excluding hydrogens is 402 g/mol. The third kappa shape index (κ3) is 2.62. The molecule has 2 nitrogen and oxygen atoms in total. The zero-order valence-corrected chi connectivity index (χ0v) is 20.2. The summed E-state index contributed by atoms with van der Waals surface area (Å²) in [6.45, 7) is 7.28. The molecule has 6 unspecified atom stereocenters. The van der Waals surface area contributed by atoms with E-state index in [0.717, 1.165) is 12.8 Å². The molecule has 0 N–H and O–H groups in total. The van der Waals surface area contributed by atoms with Crippen LogP contribution in [0.5, 0.6) is 0 Å². The summed E-state index contributed by atoms with van der Waals surface area (Å²) in [5.41, 5.74) is 4.55. The van der Waals surface area contributed by atoms with Gasteiger partial charge in [-0.25, -0.2) is 0 Å². The maximum Gasteiger partial charge on any atom is 0.0975 e. The summed E-state index contributed by atoms with van der Waals surface area (Å²) in [6, 6.07) is 9.20. The maximum atomic E-state index is 7.40. The molecule has 33 heavy (non-hydrogen) atoms. The molecule has 5 aliphatic rings. The van der Waals surface area contributed by atoms with Crippen LogP contribution in [0.1, 0.15) is 70.8 Å². The van der Waals surface area contributed by atoms with Gasteiger partial charge < -0.3 is 4.74 Å². The van der Waals surface area contributed by atoms with Crippen molar-refractivity contribution in [1.82, 2.24) is 4.98 Å². The van der Waals surface area contributed by atoms with E-state index in [1.54, 1.807) is 0 Å². The zero-order valence-electron chi connectivity index (χ0n) is 20.2. The first-order chi connectivity index (χ1) is 15.9. The standard InChI is InChI=1S/C31H35NO/c1-20(2)23-6-7-25-17-26-10-12-29(3)27(22-5-4-21-11-15-32-19-24(21)16-22)8-9-28(29)31(26)14-13-30(25,18-23)33-31/h4-7,10-11,15-17,19-20,23,27-28H,8-9,12-14,18H2,1-3H3. The van der Waals surface area contributed by atoms with E-state index in [1.165, 1.54) is 53.2 Å². The second-order valence-corrected chi connectivity index (χ2v) is 12.1. The minimum atomic E-state index is -0.0731. The average molecular weight is 438 g/mol. The summed E-state index contributed by atoms with van der Waals surface area (Å²) in [5, 5.41) is 2.55. The fraction of sp³-hybridized carbons (Fsp3) is 0.516. The Morgan fingerprint density at radius 3 is 2.85 bits per heavy atom. The Kier molecular flexibility index (Phi) is 4.10. The Bertz CT molecular complexity index is 1240. The highest BCUT2D eigenvalue weighted by atomic mass is 16.5. The van der Waals surface area contributed by atoms with Gasteiger partial charge in [-0.15, -0.1) is 0 Å². The summed E-state index contributed by atoms with van der Waals surface area (Å²) < 4.78 is 7.40. The number of hydrogen-bond donors (Lipinski definition) is 0. The van der Waals surface area contributed by atoms with Crippen LogP contribution < -0.4 is 0 Å². The molecule has 2 spiro atoms. The number of rotatable bonds is 2. The van der Waals surface area contributed by atoms with Gasteiger partial charge in [0, 0.05) is 17.8 Å². The van der Waals surface area contributed by atoms with Crippen LogP contribution in [-0.2, 0) is 4.74 Å². The molecule has 2 aliphatic heterocycles. The molecule has 1 saturated heterocycles. The molecule has 2 fully saturated rings. The van der Waals surface area contributed by atoms with E-state index >= 15 is 0 Å². The van der Waals surface area contributed by atoms with Crippen LogP contribution in [0.3, 0.4) is 0 Å². The molecule has 3 heterocycles. The Balaban J connectivity index is 1.29. The lowest BCUT2D eigenvalue weighted by atomic mass is 9.58. The summed E-state index contributed by atoms with van der Waals surface area (Å²) in [4.78, 5) is 4.38. The lowest BCUT2D eigenvalue weighted by Crippen LogP contribution is -2.53. The Hall–Kier alpha value is -2.19. The molecule has 1 aromatic heterocycles. The smallest absolute Gasteiger partial charge is 0.0975 e. The fourth-order valence-corrected chi connectivity index (χ4v) is 8.42. The van der Waals surface area contributed by atoms with Gasteiger partial charge in [0.2, 0.25) is 0 Å². The number of nitrogens with zero attached hydrogens (tertiary/aromatic N) is 1. The first kappa shape index (κ1) is 20.2. The largest absolute Gasteiger partial charge is 0.359 e. The topological polar surface area (TPSA) is 22.1 Å². The van der Waals surface area contributed by atoms with Crippen LogP contribution >= 0.6 is 0 Å². The number of ether oxygens (including phenoxy) is 1. The van der Waals surface area contributed by atoms with Gasteiger partial charge in [0.05, 0.1) is 11.2 Å². The number of allylic oxidation sites excluding steroid dienone is 2. The molecule has 2 aromatic rings. The Morgan fingerprint density at radius 1 is 1.06 bits per heavy atom. The van der Waals surface area contributed by atoms with Crippen molar-refractivity contribution in [3.8, 4) is 0 Å². The van der Waals surface area contributed by atoms with Gasteiger partial charge in [0.25, 0.3) is 0 Å². The first-order valence-corrected chi connectivity index (χ1v) is 13.1. The van der Waals surface area contributed by atoms with Crippen molar-refractivity contribution in [2.45, 2.75) is 76.4 Å². The van der Waals surface area contributed by atoms with Crippen LogP contribution in [-0.4, -0.2) is 16.2 Å². The summed E-state index contributed by atoms with van der Waals surface area (Å²) in [7, 11) is 0. The third-order valence-corrected chi connectivity index (χ3v) is 10.3. The number of benzene rings is 1. The predicted molar refractivity (Wildman–Crippen MR) is 134 cm³/mol. The fourth-order valence-electron chi connectivity index (χ4n) is 8.42. The molecule has 2 bridgehead atoms. The van der Waals surface area contributed by atoms with E-state index in [4.69, 9.17) is 4.74 Å². The van der Waals surface area contributed by atoms with Gasteiger partial charge >= 0.3 is 0 Å². The lowest BCUT2D eigenvalue weighted by Gasteiger charge is -2.54. The molecule has 2 heteroatoms. The monoisotopic (exact) mass is 437 g/mol.